The fourth-order valence-corrected chi connectivity index (χ4v) is 2.82. The van der Waals surface area contributed by atoms with E-state index in [1.807, 2.05) is 6.92 Å². The summed E-state index contributed by atoms with van der Waals surface area (Å²) in [5.41, 5.74) is 1.55. The van der Waals surface area contributed by atoms with E-state index in [9.17, 15) is 13.2 Å². The molecule has 0 saturated carbocycles. The molecule has 0 aromatic heterocycles. The Labute approximate surface area is 132 Å². The number of hydrogen-bond donors (Lipinski definition) is 1. The molecule has 1 unspecified atom stereocenters. The van der Waals surface area contributed by atoms with Crippen molar-refractivity contribution in [3.8, 4) is 0 Å². The van der Waals surface area contributed by atoms with E-state index in [1.165, 1.54) is 0 Å². The van der Waals surface area contributed by atoms with Crippen molar-refractivity contribution in [2.24, 2.45) is 5.92 Å². The zero-order valence-corrected chi connectivity index (χ0v) is 13.1. The summed E-state index contributed by atoms with van der Waals surface area (Å²) in [7, 11) is 0. The predicted molar refractivity (Wildman–Crippen MR) is 82.8 cm³/mol. The molecule has 0 radical (unpaired) electrons. The molecule has 21 heavy (non-hydrogen) atoms. The van der Waals surface area contributed by atoms with Gasteiger partial charge in [0.1, 0.15) is 0 Å². The van der Waals surface area contributed by atoms with Gasteiger partial charge < -0.3 is 10.2 Å². The Morgan fingerprint density at radius 2 is 2.14 bits per heavy atom. The third-order valence-corrected chi connectivity index (χ3v) is 4.45. The lowest BCUT2D eigenvalue weighted by molar-refractivity contribution is -0.183. The van der Waals surface area contributed by atoms with Crippen molar-refractivity contribution in [2.75, 3.05) is 18.4 Å². The van der Waals surface area contributed by atoms with Crippen LogP contribution in [0.1, 0.15) is 18.4 Å². The monoisotopic (exact) mass is 336 g/mol. The molecule has 0 bridgehead atoms. The number of rotatable bonds is 1. The van der Waals surface area contributed by atoms with Crippen LogP contribution < -0.4 is 5.32 Å². The van der Waals surface area contributed by atoms with Crippen molar-refractivity contribution in [3.63, 3.8) is 0 Å². The van der Waals surface area contributed by atoms with Crippen LogP contribution >= 0.6 is 23.8 Å². The average Bonchev–Trinajstić information content (AvgIpc) is 2.43. The maximum Gasteiger partial charge on any atom is 0.393 e. The molecular weight excluding hydrogens is 321 g/mol. The van der Waals surface area contributed by atoms with Crippen molar-refractivity contribution in [1.29, 1.82) is 0 Å². The zero-order chi connectivity index (χ0) is 15.6. The van der Waals surface area contributed by atoms with E-state index in [0.717, 1.165) is 11.3 Å². The van der Waals surface area contributed by atoms with Gasteiger partial charge in [-0.15, -0.1) is 0 Å². The SMILES string of the molecule is Cc1c(Cl)cccc1NC(=S)N1CCCC(C(F)(F)F)C1. The van der Waals surface area contributed by atoms with E-state index in [0.29, 0.717) is 23.1 Å². The van der Waals surface area contributed by atoms with Crippen molar-refractivity contribution in [2.45, 2.75) is 25.9 Å². The second-order valence-electron chi connectivity index (χ2n) is 5.17. The van der Waals surface area contributed by atoms with Crippen molar-refractivity contribution in [3.05, 3.63) is 28.8 Å². The highest BCUT2D eigenvalue weighted by atomic mass is 35.5. The second-order valence-corrected chi connectivity index (χ2v) is 5.96. The molecular formula is C14H16ClF3N2S. The molecule has 1 aromatic carbocycles. The number of thiocarbonyl (C=S) groups is 1. The summed E-state index contributed by atoms with van der Waals surface area (Å²) in [6.07, 6.45) is -3.51. The first-order chi connectivity index (χ1) is 9.79. The van der Waals surface area contributed by atoms with Crippen LogP contribution in [-0.2, 0) is 0 Å². The van der Waals surface area contributed by atoms with Crippen LogP contribution in [0, 0.1) is 12.8 Å². The van der Waals surface area contributed by atoms with Crippen molar-refractivity contribution < 1.29 is 13.2 Å². The number of hydrogen-bond acceptors (Lipinski definition) is 1. The van der Waals surface area contributed by atoms with E-state index in [2.05, 4.69) is 5.32 Å². The largest absolute Gasteiger partial charge is 0.393 e. The third-order valence-electron chi connectivity index (χ3n) is 3.68. The molecule has 1 atom stereocenters. The van der Waals surface area contributed by atoms with Gasteiger partial charge in [0, 0.05) is 23.8 Å². The molecule has 1 N–H and O–H groups in total. The highest BCUT2D eigenvalue weighted by Crippen LogP contribution is 2.33. The Hall–Kier alpha value is -1.01. The number of nitrogens with one attached hydrogen (secondary N) is 1. The van der Waals surface area contributed by atoms with Gasteiger partial charge >= 0.3 is 6.18 Å². The molecule has 1 aromatic rings. The van der Waals surface area contributed by atoms with Crippen molar-refractivity contribution >= 4 is 34.6 Å². The zero-order valence-electron chi connectivity index (χ0n) is 11.5. The normalized spacial score (nSPS) is 19.5. The average molecular weight is 337 g/mol. The Morgan fingerprint density at radius 3 is 2.81 bits per heavy atom. The summed E-state index contributed by atoms with van der Waals surface area (Å²) in [5, 5.41) is 3.90. The molecule has 1 aliphatic rings. The quantitative estimate of drug-likeness (QED) is 0.753. The van der Waals surface area contributed by atoms with Gasteiger partial charge in [-0.3, -0.25) is 0 Å². The standard InChI is InChI=1S/C14H16ClF3N2S/c1-9-11(15)5-2-6-12(9)19-13(21)20-7-3-4-10(8-20)14(16,17)18/h2,5-6,10H,3-4,7-8H2,1H3,(H,19,21). The van der Waals surface area contributed by atoms with Crippen LogP contribution in [-0.4, -0.2) is 29.3 Å². The van der Waals surface area contributed by atoms with Crippen LogP contribution in [0.2, 0.25) is 5.02 Å². The number of halogens is 4. The molecule has 7 heteroatoms. The lowest BCUT2D eigenvalue weighted by Crippen LogP contribution is -2.46. The third kappa shape index (κ3) is 4.01. The molecule has 1 heterocycles. The van der Waals surface area contributed by atoms with E-state index in [-0.39, 0.29) is 13.0 Å². The summed E-state index contributed by atoms with van der Waals surface area (Å²) in [6.45, 7) is 2.29. The van der Waals surface area contributed by atoms with Crippen LogP contribution in [0.5, 0.6) is 0 Å². The summed E-state index contributed by atoms with van der Waals surface area (Å²) < 4.78 is 38.4. The number of anilines is 1. The van der Waals surface area contributed by atoms with Gasteiger partial charge in [0.2, 0.25) is 0 Å². The minimum Gasteiger partial charge on any atom is -0.348 e. The summed E-state index contributed by atoms with van der Waals surface area (Å²) in [5.74, 6) is -1.31. The molecule has 116 valence electrons. The van der Waals surface area contributed by atoms with Gasteiger partial charge in [0.05, 0.1) is 5.92 Å². The van der Waals surface area contributed by atoms with Gasteiger partial charge in [-0.25, -0.2) is 0 Å². The highest BCUT2D eigenvalue weighted by Gasteiger charge is 2.42. The molecule has 1 fully saturated rings. The number of likely N-dealkylation sites (tertiary alicyclic amines) is 1. The van der Waals surface area contributed by atoms with Crippen LogP contribution in [0.4, 0.5) is 18.9 Å². The number of piperidine rings is 1. The Balaban J connectivity index is 2.05. The Kier molecular flexibility index (Phi) is 4.99. The van der Waals surface area contributed by atoms with Gasteiger partial charge in [0.25, 0.3) is 0 Å². The van der Waals surface area contributed by atoms with E-state index in [4.69, 9.17) is 23.8 Å². The fraction of sp³-hybridized carbons (Fsp3) is 0.500. The number of nitrogens with zero attached hydrogens (tertiary/aromatic N) is 1. The first-order valence-electron chi connectivity index (χ1n) is 6.67. The van der Waals surface area contributed by atoms with E-state index < -0.39 is 12.1 Å². The van der Waals surface area contributed by atoms with E-state index >= 15 is 0 Å². The maximum atomic E-state index is 12.8. The van der Waals surface area contributed by atoms with Gasteiger partial charge in [0.15, 0.2) is 5.11 Å². The fourth-order valence-electron chi connectivity index (χ4n) is 2.37. The van der Waals surface area contributed by atoms with Crippen LogP contribution in [0.3, 0.4) is 0 Å². The van der Waals surface area contributed by atoms with Crippen molar-refractivity contribution in [1.82, 2.24) is 4.90 Å². The smallest absolute Gasteiger partial charge is 0.348 e. The first kappa shape index (κ1) is 16.4. The van der Waals surface area contributed by atoms with Gasteiger partial charge in [-0.1, -0.05) is 17.7 Å². The molecule has 0 amide bonds. The summed E-state index contributed by atoms with van der Waals surface area (Å²) in [4.78, 5) is 1.58. The van der Waals surface area contributed by atoms with Crippen LogP contribution in [0.25, 0.3) is 0 Å². The lowest BCUT2D eigenvalue weighted by Gasteiger charge is -2.35. The lowest BCUT2D eigenvalue weighted by atomic mass is 9.98. The van der Waals surface area contributed by atoms with Gasteiger partial charge in [-0.05, 0) is 49.7 Å². The first-order valence-corrected chi connectivity index (χ1v) is 7.45. The summed E-state index contributed by atoms with van der Waals surface area (Å²) in [6, 6.07) is 5.33. The predicted octanol–water partition coefficient (Wildman–Crippen LogP) is 4.62. The second kappa shape index (κ2) is 6.40. The summed E-state index contributed by atoms with van der Waals surface area (Å²) >= 11 is 11.3. The molecule has 0 aliphatic carbocycles. The maximum absolute atomic E-state index is 12.8. The van der Waals surface area contributed by atoms with E-state index in [1.54, 1.807) is 23.1 Å². The molecule has 0 spiro atoms. The highest BCUT2D eigenvalue weighted by molar-refractivity contribution is 7.80. The number of alkyl halides is 3. The minimum absolute atomic E-state index is 0.0883. The van der Waals surface area contributed by atoms with Gasteiger partial charge in [-0.2, -0.15) is 13.2 Å². The Bertz CT molecular complexity index is 533. The van der Waals surface area contributed by atoms with Crippen LogP contribution in [0.15, 0.2) is 18.2 Å². The Morgan fingerprint density at radius 1 is 1.43 bits per heavy atom. The molecule has 1 aliphatic heterocycles. The number of benzene rings is 1. The topological polar surface area (TPSA) is 15.3 Å². The molecule has 1 saturated heterocycles. The minimum atomic E-state index is -4.17. The molecule has 2 rings (SSSR count). The molecule has 2 nitrogen and oxygen atoms in total.